The highest BCUT2D eigenvalue weighted by atomic mass is 16.6. The molecule has 3 aromatic rings. The third-order valence-electron chi connectivity index (χ3n) is 4.07. The molecule has 0 aliphatic rings. The van der Waals surface area contributed by atoms with Crippen LogP contribution in [-0.2, 0) is 0 Å². The van der Waals surface area contributed by atoms with Crippen LogP contribution < -0.4 is 0 Å². The molecule has 0 bridgehead atoms. The lowest BCUT2D eigenvalue weighted by Crippen LogP contribution is -1.98. The minimum absolute atomic E-state index is 0.113. The number of benzene rings is 1. The third kappa shape index (κ3) is 3.08. The minimum Gasteiger partial charge on any atom is -0.349 e. The number of aromatic nitrogens is 3. The van der Waals surface area contributed by atoms with Gasteiger partial charge in [-0.3, -0.25) is 10.1 Å². The maximum Gasteiger partial charge on any atom is 0.338 e. The Morgan fingerprint density at radius 3 is 2.40 bits per heavy atom. The highest BCUT2D eigenvalue weighted by Crippen LogP contribution is 2.26. The Balaban J connectivity index is 1.99. The zero-order valence-corrected chi connectivity index (χ0v) is 14.5. The summed E-state index contributed by atoms with van der Waals surface area (Å²) in [5, 5.41) is 19.4. The highest BCUT2D eigenvalue weighted by Gasteiger charge is 2.22. The summed E-state index contributed by atoms with van der Waals surface area (Å²) in [5.74, 6) is 0.129. The number of aryl methyl sites for hydroxylation is 3. The molecular weight excluding hydrogens is 320 g/mol. The monoisotopic (exact) mass is 338 g/mol. The van der Waals surface area contributed by atoms with E-state index in [2.05, 4.69) is 10.3 Å². The molecule has 0 radical (unpaired) electrons. The van der Waals surface area contributed by atoms with Gasteiger partial charge in [-0.2, -0.15) is 5.10 Å². The zero-order chi connectivity index (χ0) is 18.1. The Morgan fingerprint density at radius 1 is 1.08 bits per heavy atom. The molecule has 0 spiro atoms. The van der Waals surface area contributed by atoms with Gasteiger partial charge in [0.1, 0.15) is 0 Å². The van der Waals surface area contributed by atoms with Crippen LogP contribution in [0.15, 0.2) is 28.8 Å². The molecule has 0 unspecified atom stereocenters. The lowest BCUT2D eigenvalue weighted by atomic mass is 10.1. The fraction of sp³-hybridized carbons (Fsp3) is 0.222. The van der Waals surface area contributed by atoms with Crippen LogP contribution in [0.5, 0.6) is 0 Å². The van der Waals surface area contributed by atoms with Crippen molar-refractivity contribution in [3.63, 3.8) is 0 Å². The predicted molar refractivity (Wildman–Crippen MR) is 94.6 cm³/mol. The van der Waals surface area contributed by atoms with E-state index in [1.165, 1.54) is 5.56 Å². The Hall–Kier alpha value is -3.22. The molecule has 1 aromatic carbocycles. The molecule has 0 saturated carbocycles. The average molecular weight is 338 g/mol. The first-order chi connectivity index (χ1) is 11.9. The molecule has 0 atom stereocenters. The molecule has 0 N–H and O–H groups in total. The maximum absolute atomic E-state index is 11.1. The molecule has 0 aliphatic heterocycles. The van der Waals surface area contributed by atoms with E-state index in [0.29, 0.717) is 0 Å². The summed E-state index contributed by atoms with van der Waals surface area (Å²) in [4.78, 5) is 10.6. The summed E-state index contributed by atoms with van der Waals surface area (Å²) in [6.45, 7) is 7.44. The first-order valence-corrected chi connectivity index (χ1v) is 7.80. The van der Waals surface area contributed by atoms with E-state index in [9.17, 15) is 10.1 Å². The lowest BCUT2D eigenvalue weighted by molar-refractivity contribution is -0.386. The molecule has 128 valence electrons. The molecule has 25 heavy (non-hydrogen) atoms. The van der Waals surface area contributed by atoms with Crippen LogP contribution in [0.1, 0.15) is 34.0 Å². The summed E-state index contributed by atoms with van der Waals surface area (Å²) < 4.78 is 6.91. The van der Waals surface area contributed by atoms with Gasteiger partial charge in [-0.15, -0.1) is 0 Å². The van der Waals surface area contributed by atoms with Gasteiger partial charge in [0.25, 0.3) is 0 Å². The number of hydrogen-bond donors (Lipinski definition) is 0. The average Bonchev–Trinajstić information content (AvgIpc) is 3.06. The second-order valence-corrected chi connectivity index (χ2v) is 5.90. The van der Waals surface area contributed by atoms with Gasteiger partial charge in [-0.05, 0) is 52.0 Å². The largest absolute Gasteiger partial charge is 0.349 e. The molecular formula is C18H18N4O3. The SMILES string of the molecule is Cc1ccc(-n2nc(C)c(/C=C/c3onc(C)c3[N+](=O)[O-])c2C)cc1. The van der Waals surface area contributed by atoms with Crippen LogP contribution in [0, 0.1) is 37.8 Å². The van der Waals surface area contributed by atoms with Crippen molar-refractivity contribution in [3.05, 3.63) is 68.3 Å². The second kappa shape index (κ2) is 6.35. The smallest absolute Gasteiger partial charge is 0.338 e. The molecule has 7 nitrogen and oxygen atoms in total. The maximum atomic E-state index is 11.1. The Morgan fingerprint density at radius 2 is 1.76 bits per heavy atom. The van der Waals surface area contributed by atoms with E-state index in [0.717, 1.165) is 22.6 Å². The van der Waals surface area contributed by atoms with Gasteiger partial charge in [-0.1, -0.05) is 22.9 Å². The fourth-order valence-electron chi connectivity index (χ4n) is 2.71. The van der Waals surface area contributed by atoms with Gasteiger partial charge >= 0.3 is 5.69 Å². The van der Waals surface area contributed by atoms with E-state index >= 15 is 0 Å². The van der Waals surface area contributed by atoms with Crippen LogP contribution in [0.25, 0.3) is 17.8 Å². The van der Waals surface area contributed by atoms with Gasteiger partial charge in [0.05, 0.1) is 16.3 Å². The topological polar surface area (TPSA) is 87.0 Å². The van der Waals surface area contributed by atoms with Crippen molar-refractivity contribution in [1.82, 2.24) is 14.9 Å². The zero-order valence-electron chi connectivity index (χ0n) is 14.5. The second-order valence-electron chi connectivity index (χ2n) is 5.90. The van der Waals surface area contributed by atoms with E-state index in [-0.39, 0.29) is 17.1 Å². The summed E-state index contributed by atoms with van der Waals surface area (Å²) in [5.41, 5.74) is 4.95. The molecule has 0 aliphatic carbocycles. The van der Waals surface area contributed by atoms with Gasteiger partial charge in [0, 0.05) is 11.3 Å². The quantitative estimate of drug-likeness (QED) is 0.526. The lowest BCUT2D eigenvalue weighted by Gasteiger charge is -2.04. The van der Waals surface area contributed by atoms with Crippen LogP contribution in [0.3, 0.4) is 0 Å². The summed E-state index contributed by atoms with van der Waals surface area (Å²) in [7, 11) is 0. The minimum atomic E-state index is -0.485. The molecule has 7 heteroatoms. The molecule has 0 saturated heterocycles. The molecule has 0 amide bonds. The number of nitro groups is 1. The molecule has 2 heterocycles. The Bertz CT molecular complexity index is 965. The van der Waals surface area contributed by atoms with Gasteiger partial charge in [0.15, 0.2) is 5.69 Å². The van der Waals surface area contributed by atoms with Crippen molar-refractivity contribution >= 4 is 17.8 Å². The van der Waals surface area contributed by atoms with Crippen LogP contribution in [0.4, 0.5) is 5.69 Å². The van der Waals surface area contributed by atoms with Crippen LogP contribution in [-0.4, -0.2) is 19.9 Å². The van der Waals surface area contributed by atoms with E-state index < -0.39 is 4.92 Å². The summed E-state index contributed by atoms with van der Waals surface area (Å²) in [6, 6.07) is 8.07. The van der Waals surface area contributed by atoms with Gasteiger partial charge < -0.3 is 4.52 Å². The fourth-order valence-corrected chi connectivity index (χ4v) is 2.71. The molecule has 3 rings (SSSR count). The summed E-state index contributed by atoms with van der Waals surface area (Å²) >= 11 is 0. The first kappa shape index (κ1) is 16.6. The van der Waals surface area contributed by atoms with Crippen molar-refractivity contribution in [3.8, 4) is 5.69 Å². The number of nitrogens with zero attached hydrogens (tertiary/aromatic N) is 4. The summed E-state index contributed by atoms with van der Waals surface area (Å²) in [6.07, 6.45) is 3.34. The van der Waals surface area contributed by atoms with Crippen molar-refractivity contribution in [2.75, 3.05) is 0 Å². The Labute approximate surface area is 144 Å². The third-order valence-corrected chi connectivity index (χ3v) is 4.07. The number of hydrogen-bond acceptors (Lipinski definition) is 5. The molecule has 0 fully saturated rings. The van der Waals surface area contributed by atoms with E-state index in [1.807, 2.05) is 49.7 Å². The van der Waals surface area contributed by atoms with Crippen molar-refractivity contribution in [2.45, 2.75) is 27.7 Å². The first-order valence-electron chi connectivity index (χ1n) is 7.80. The Kier molecular flexibility index (Phi) is 4.22. The molecule has 2 aromatic heterocycles. The normalized spacial score (nSPS) is 11.4. The standard InChI is InChI=1S/C18H18N4O3/c1-11-5-7-15(8-6-11)21-14(4)16(12(2)19-21)9-10-17-18(22(23)24)13(3)20-25-17/h5-10H,1-4H3/b10-9+. The predicted octanol–water partition coefficient (Wildman–Crippen LogP) is 4.17. The van der Waals surface area contributed by atoms with E-state index in [4.69, 9.17) is 4.52 Å². The van der Waals surface area contributed by atoms with Crippen molar-refractivity contribution < 1.29 is 9.45 Å². The van der Waals surface area contributed by atoms with Gasteiger partial charge in [0.2, 0.25) is 5.76 Å². The van der Waals surface area contributed by atoms with E-state index in [1.54, 1.807) is 19.1 Å². The van der Waals surface area contributed by atoms with Crippen molar-refractivity contribution in [2.24, 2.45) is 0 Å². The van der Waals surface area contributed by atoms with Crippen LogP contribution in [0.2, 0.25) is 0 Å². The van der Waals surface area contributed by atoms with Crippen LogP contribution >= 0.6 is 0 Å². The van der Waals surface area contributed by atoms with Crippen molar-refractivity contribution in [1.29, 1.82) is 0 Å². The highest BCUT2D eigenvalue weighted by molar-refractivity contribution is 5.73. The number of rotatable bonds is 4. The van der Waals surface area contributed by atoms with Gasteiger partial charge in [-0.25, -0.2) is 4.68 Å².